The summed E-state index contributed by atoms with van der Waals surface area (Å²) in [5, 5.41) is 9.86. The Labute approximate surface area is 155 Å². The maximum atomic E-state index is 13.2. The first-order chi connectivity index (χ1) is 12.5. The average Bonchev–Trinajstić information content (AvgIpc) is 2.99. The molecule has 0 aliphatic rings. The lowest BCUT2D eigenvalue weighted by molar-refractivity contribution is -0.121. The zero-order valence-corrected chi connectivity index (χ0v) is 15.1. The number of rotatable bonds is 6. The van der Waals surface area contributed by atoms with Gasteiger partial charge in [0.05, 0.1) is 0 Å². The molecule has 0 saturated heterocycles. The number of nitrogens with zero attached hydrogens (tertiary/aromatic N) is 2. The number of carbonyl (C=O) groups excluding carboxylic acids is 1. The number of carbonyl (C=O) groups is 1. The number of amides is 1. The third-order valence-electron chi connectivity index (χ3n) is 3.98. The Balaban J connectivity index is 1.64. The van der Waals surface area contributed by atoms with Crippen LogP contribution >= 0.6 is 12.2 Å². The van der Waals surface area contributed by atoms with Crippen LogP contribution in [0, 0.1) is 17.5 Å². The van der Waals surface area contributed by atoms with Crippen molar-refractivity contribution >= 4 is 18.1 Å². The molecule has 0 aliphatic carbocycles. The molecule has 2 N–H and O–H groups in total. The Bertz CT molecular complexity index is 979. The number of hydrogen-bond acceptors (Lipinski definition) is 3. The Morgan fingerprint density at radius 1 is 1.27 bits per heavy atom. The molecule has 0 atom stereocenters. The van der Waals surface area contributed by atoms with Crippen LogP contribution in [0.5, 0.6) is 0 Å². The monoisotopic (exact) mass is 370 g/mol. The molecular formula is C19H19FN4OS. The summed E-state index contributed by atoms with van der Waals surface area (Å²) in [5.74, 6) is 0.258. The molecule has 3 rings (SSSR count). The van der Waals surface area contributed by atoms with Crippen LogP contribution in [0.25, 0.3) is 11.4 Å². The number of halogens is 1. The van der Waals surface area contributed by atoms with Gasteiger partial charge in [-0.3, -0.25) is 14.5 Å². The number of benzene rings is 2. The lowest BCUT2D eigenvalue weighted by atomic mass is 10.1. The molecule has 0 aliphatic heterocycles. The van der Waals surface area contributed by atoms with E-state index in [0.717, 1.165) is 16.7 Å². The van der Waals surface area contributed by atoms with Crippen molar-refractivity contribution in [2.45, 2.75) is 26.4 Å². The number of hydrogen-bond donors (Lipinski definition) is 2. The van der Waals surface area contributed by atoms with Crippen molar-refractivity contribution in [2.75, 3.05) is 0 Å². The van der Waals surface area contributed by atoms with Gasteiger partial charge in [0.25, 0.3) is 0 Å². The molecule has 1 amide bonds. The molecule has 0 saturated carbocycles. The van der Waals surface area contributed by atoms with Crippen LogP contribution in [0.1, 0.15) is 17.5 Å². The highest BCUT2D eigenvalue weighted by molar-refractivity contribution is 7.71. The third kappa shape index (κ3) is 4.43. The molecule has 7 heteroatoms. The Morgan fingerprint density at radius 3 is 2.85 bits per heavy atom. The summed E-state index contributed by atoms with van der Waals surface area (Å²) in [6.45, 7) is 2.71. The van der Waals surface area contributed by atoms with Crippen molar-refractivity contribution in [3.8, 4) is 11.4 Å². The molecule has 3 aromatic rings. The van der Waals surface area contributed by atoms with Gasteiger partial charge in [-0.25, -0.2) is 4.39 Å². The number of aromatic amines is 1. The molecule has 5 nitrogen and oxygen atoms in total. The molecule has 0 radical (unpaired) electrons. The van der Waals surface area contributed by atoms with E-state index in [4.69, 9.17) is 12.2 Å². The largest absolute Gasteiger partial charge is 0.352 e. The van der Waals surface area contributed by atoms with E-state index < -0.39 is 0 Å². The number of aryl methyl sites for hydroxylation is 1. The summed E-state index contributed by atoms with van der Waals surface area (Å²) in [7, 11) is 0. The predicted molar refractivity (Wildman–Crippen MR) is 100 cm³/mol. The standard InChI is InChI=1S/C19H19FN4OS/c1-13-4-2-6-15(10-13)18-22-23-19(26)24(18)9-8-17(25)21-12-14-5-3-7-16(20)11-14/h2-7,10-11H,8-9,12H2,1H3,(H,21,25)(H,23,26). The molecular weight excluding hydrogens is 351 g/mol. The fourth-order valence-corrected chi connectivity index (χ4v) is 2.90. The van der Waals surface area contributed by atoms with Gasteiger partial charge in [0.2, 0.25) is 5.91 Å². The number of nitrogens with one attached hydrogen (secondary N) is 2. The van der Waals surface area contributed by atoms with Gasteiger partial charge in [-0.15, -0.1) is 0 Å². The molecule has 0 unspecified atom stereocenters. The van der Waals surface area contributed by atoms with Crippen molar-refractivity contribution in [2.24, 2.45) is 0 Å². The van der Waals surface area contributed by atoms with Gasteiger partial charge >= 0.3 is 0 Å². The van der Waals surface area contributed by atoms with Gasteiger partial charge in [-0.1, -0.05) is 35.9 Å². The zero-order valence-electron chi connectivity index (χ0n) is 14.3. The first-order valence-corrected chi connectivity index (χ1v) is 8.67. The highest BCUT2D eigenvalue weighted by Gasteiger charge is 2.11. The first kappa shape index (κ1) is 18.0. The Hall–Kier alpha value is -2.80. The summed E-state index contributed by atoms with van der Waals surface area (Å²) in [6, 6.07) is 14.1. The molecule has 134 valence electrons. The van der Waals surface area contributed by atoms with E-state index in [0.29, 0.717) is 17.1 Å². The lowest BCUT2D eigenvalue weighted by Gasteiger charge is -2.09. The molecule has 0 bridgehead atoms. The van der Waals surface area contributed by atoms with E-state index in [-0.39, 0.29) is 24.7 Å². The first-order valence-electron chi connectivity index (χ1n) is 8.26. The van der Waals surface area contributed by atoms with Crippen LogP contribution in [-0.2, 0) is 17.9 Å². The van der Waals surface area contributed by atoms with Crippen molar-refractivity contribution < 1.29 is 9.18 Å². The lowest BCUT2D eigenvalue weighted by Crippen LogP contribution is -2.24. The van der Waals surface area contributed by atoms with Crippen molar-refractivity contribution in [3.63, 3.8) is 0 Å². The average molecular weight is 370 g/mol. The van der Waals surface area contributed by atoms with Crippen LogP contribution in [0.15, 0.2) is 48.5 Å². The second-order valence-electron chi connectivity index (χ2n) is 6.03. The SMILES string of the molecule is Cc1cccc(-c2n[nH]c(=S)n2CCC(=O)NCc2cccc(F)c2)c1. The third-order valence-corrected chi connectivity index (χ3v) is 4.29. The molecule has 26 heavy (non-hydrogen) atoms. The minimum absolute atomic E-state index is 0.132. The fourth-order valence-electron chi connectivity index (χ4n) is 2.68. The molecule has 0 spiro atoms. The molecule has 1 heterocycles. The number of H-pyrrole nitrogens is 1. The van der Waals surface area contributed by atoms with Gasteiger partial charge in [-0.2, -0.15) is 5.10 Å². The highest BCUT2D eigenvalue weighted by atomic mass is 32.1. The van der Waals surface area contributed by atoms with Gasteiger partial charge in [0.1, 0.15) is 5.82 Å². The van der Waals surface area contributed by atoms with Crippen molar-refractivity contribution in [1.29, 1.82) is 0 Å². The van der Waals surface area contributed by atoms with Gasteiger partial charge < -0.3 is 5.32 Å². The smallest absolute Gasteiger partial charge is 0.222 e. The Morgan fingerprint density at radius 2 is 2.08 bits per heavy atom. The number of aromatic nitrogens is 3. The highest BCUT2D eigenvalue weighted by Crippen LogP contribution is 2.18. The van der Waals surface area contributed by atoms with Crippen LogP contribution in [0.2, 0.25) is 0 Å². The van der Waals surface area contributed by atoms with E-state index >= 15 is 0 Å². The second kappa shape index (κ2) is 8.05. The molecule has 0 fully saturated rings. The van der Waals surface area contributed by atoms with Gasteiger partial charge in [0, 0.05) is 25.1 Å². The van der Waals surface area contributed by atoms with Crippen molar-refractivity contribution in [3.05, 3.63) is 70.2 Å². The van der Waals surface area contributed by atoms with Crippen LogP contribution in [0.4, 0.5) is 4.39 Å². The summed E-state index contributed by atoms with van der Waals surface area (Å²) < 4.78 is 15.4. The van der Waals surface area contributed by atoms with Gasteiger partial charge in [-0.05, 0) is 42.9 Å². The predicted octanol–water partition coefficient (Wildman–Crippen LogP) is 3.76. The van der Waals surface area contributed by atoms with E-state index in [2.05, 4.69) is 15.5 Å². The van der Waals surface area contributed by atoms with Gasteiger partial charge in [0.15, 0.2) is 10.6 Å². The topological polar surface area (TPSA) is 62.7 Å². The van der Waals surface area contributed by atoms with E-state index in [9.17, 15) is 9.18 Å². The normalized spacial score (nSPS) is 10.7. The summed E-state index contributed by atoms with van der Waals surface area (Å²) in [6.07, 6.45) is 0.252. The Kier molecular flexibility index (Phi) is 5.58. The fraction of sp³-hybridized carbons (Fsp3) is 0.211. The van der Waals surface area contributed by atoms with Crippen LogP contribution in [-0.4, -0.2) is 20.7 Å². The van der Waals surface area contributed by atoms with Crippen LogP contribution < -0.4 is 5.32 Å². The van der Waals surface area contributed by atoms with Crippen LogP contribution in [0.3, 0.4) is 0 Å². The van der Waals surface area contributed by atoms with Crippen molar-refractivity contribution in [1.82, 2.24) is 20.1 Å². The van der Waals surface area contributed by atoms with E-state index in [1.807, 2.05) is 35.8 Å². The minimum atomic E-state index is -0.316. The quantitative estimate of drug-likeness (QED) is 0.650. The minimum Gasteiger partial charge on any atom is -0.352 e. The molecule has 1 aromatic heterocycles. The molecule has 2 aromatic carbocycles. The maximum absolute atomic E-state index is 13.2. The summed E-state index contributed by atoms with van der Waals surface area (Å²) in [4.78, 5) is 12.1. The maximum Gasteiger partial charge on any atom is 0.222 e. The summed E-state index contributed by atoms with van der Waals surface area (Å²) >= 11 is 5.28. The van der Waals surface area contributed by atoms with E-state index in [1.54, 1.807) is 12.1 Å². The second-order valence-corrected chi connectivity index (χ2v) is 6.42. The van der Waals surface area contributed by atoms with E-state index in [1.165, 1.54) is 12.1 Å². The summed E-state index contributed by atoms with van der Waals surface area (Å²) in [5.41, 5.74) is 2.78. The zero-order chi connectivity index (χ0) is 18.5.